The lowest BCUT2D eigenvalue weighted by Gasteiger charge is -2.31. The van der Waals surface area contributed by atoms with E-state index in [0.29, 0.717) is 22.9 Å². The Labute approximate surface area is 193 Å². The van der Waals surface area contributed by atoms with E-state index in [1.165, 1.54) is 25.3 Å². The van der Waals surface area contributed by atoms with Crippen LogP contribution in [0.15, 0.2) is 59.4 Å². The monoisotopic (exact) mass is 450 g/mol. The highest BCUT2D eigenvalue weighted by atomic mass is 35.5. The Kier molecular flexibility index (Phi) is 6.61. The van der Waals surface area contributed by atoms with Crippen LogP contribution >= 0.6 is 11.6 Å². The van der Waals surface area contributed by atoms with E-state index in [1.807, 2.05) is 30.3 Å². The van der Waals surface area contributed by atoms with Gasteiger partial charge in [-0.05, 0) is 49.9 Å². The number of para-hydroxylation sites is 2. The second-order valence-electron chi connectivity index (χ2n) is 8.20. The van der Waals surface area contributed by atoms with Gasteiger partial charge in [-0.25, -0.2) is 4.68 Å². The molecule has 3 aromatic rings. The van der Waals surface area contributed by atoms with E-state index in [9.17, 15) is 9.59 Å². The number of hydrogen-bond donors (Lipinski definition) is 0. The molecule has 0 atom stereocenters. The summed E-state index contributed by atoms with van der Waals surface area (Å²) in [6, 6.07) is 16.8. The maximum absolute atomic E-state index is 13.2. The Morgan fingerprint density at radius 3 is 2.41 bits per heavy atom. The van der Waals surface area contributed by atoms with Crippen molar-refractivity contribution < 1.29 is 4.79 Å². The van der Waals surface area contributed by atoms with Crippen molar-refractivity contribution in [3.8, 4) is 5.69 Å². The molecular weight excluding hydrogens is 424 g/mol. The standard InChI is InChI=1S/C25H27ClN4O2/c1-18-16-23(31)24(27-30(18)22-13-7-5-11-20(22)26)25(32)28(2)17-19-10-4-6-12-21(19)29-14-8-3-9-15-29/h4-7,10-13,16H,3,8-9,14-15,17H2,1-2H3. The number of piperidine rings is 1. The molecule has 6 nitrogen and oxygen atoms in total. The minimum Gasteiger partial charge on any atom is -0.371 e. The number of carbonyl (C=O) groups is 1. The molecule has 32 heavy (non-hydrogen) atoms. The Bertz CT molecular complexity index is 1180. The summed E-state index contributed by atoms with van der Waals surface area (Å²) in [7, 11) is 1.70. The molecule has 1 aliphatic heterocycles. The van der Waals surface area contributed by atoms with E-state index in [-0.39, 0.29) is 5.69 Å². The van der Waals surface area contributed by atoms with Crippen LogP contribution in [0.4, 0.5) is 5.69 Å². The highest BCUT2D eigenvalue weighted by molar-refractivity contribution is 6.32. The molecule has 4 rings (SSSR count). The van der Waals surface area contributed by atoms with E-state index in [0.717, 1.165) is 24.3 Å². The topological polar surface area (TPSA) is 58.4 Å². The van der Waals surface area contributed by atoms with Gasteiger partial charge >= 0.3 is 0 Å². The summed E-state index contributed by atoms with van der Waals surface area (Å²) < 4.78 is 1.55. The number of amides is 1. The first kappa shape index (κ1) is 22.1. The molecule has 0 bridgehead atoms. The van der Waals surface area contributed by atoms with Crippen LogP contribution in [0, 0.1) is 6.92 Å². The Morgan fingerprint density at radius 1 is 1.03 bits per heavy atom. The number of carbonyl (C=O) groups excluding carboxylic acids is 1. The Balaban J connectivity index is 1.62. The van der Waals surface area contributed by atoms with Gasteiger partial charge in [-0.3, -0.25) is 9.59 Å². The molecule has 0 radical (unpaired) electrons. The number of rotatable bonds is 5. The molecule has 166 valence electrons. The normalized spacial score (nSPS) is 13.8. The maximum Gasteiger partial charge on any atom is 0.278 e. The van der Waals surface area contributed by atoms with Crippen molar-refractivity contribution in [2.75, 3.05) is 25.0 Å². The summed E-state index contributed by atoms with van der Waals surface area (Å²) in [6.07, 6.45) is 3.61. The average molecular weight is 451 g/mol. The summed E-state index contributed by atoms with van der Waals surface area (Å²) in [4.78, 5) is 29.8. The van der Waals surface area contributed by atoms with Gasteiger partial charge < -0.3 is 9.80 Å². The van der Waals surface area contributed by atoms with Gasteiger partial charge in [0.05, 0.1) is 10.7 Å². The van der Waals surface area contributed by atoms with Crippen molar-refractivity contribution >= 4 is 23.2 Å². The lowest BCUT2D eigenvalue weighted by Crippen LogP contribution is -2.35. The van der Waals surface area contributed by atoms with E-state index < -0.39 is 11.3 Å². The molecule has 1 saturated heterocycles. The molecule has 1 fully saturated rings. The lowest BCUT2D eigenvalue weighted by molar-refractivity contribution is 0.0776. The summed E-state index contributed by atoms with van der Waals surface area (Å²) in [6.45, 7) is 4.21. The maximum atomic E-state index is 13.2. The third-order valence-electron chi connectivity index (χ3n) is 5.83. The fourth-order valence-electron chi connectivity index (χ4n) is 4.16. The first-order valence-corrected chi connectivity index (χ1v) is 11.3. The first-order valence-electron chi connectivity index (χ1n) is 10.9. The van der Waals surface area contributed by atoms with E-state index in [1.54, 1.807) is 35.7 Å². The molecule has 2 aromatic carbocycles. The van der Waals surface area contributed by atoms with Gasteiger partial charge in [0, 0.05) is 44.1 Å². The quantitative estimate of drug-likeness (QED) is 0.576. The summed E-state index contributed by atoms with van der Waals surface area (Å²) in [5.74, 6) is -0.413. The molecule has 7 heteroatoms. The largest absolute Gasteiger partial charge is 0.371 e. The first-order chi connectivity index (χ1) is 15.5. The lowest BCUT2D eigenvalue weighted by atomic mass is 10.1. The molecule has 1 aliphatic rings. The van der Waals surface area contributed by atoms with Gasteiger partial charge in [0.15, 0.2) is 5.69 Å². The number of aromatic nitrogens is 2. The number of aryl methyl sites for hydroxylation is 1. The Hall–Kier alpha value is -3.12. The van der Waals surface area contributed by atoms with Crippen molar-refractivity contribution in [2.24, 2.45) is 0 Å². The van der Waals surface area contributed by atoms with Gasteiger partial charge in [-0.15, -0.1) is 0 Å². The van der Waals surface area contributed by atoms with Crippen LogP contribution < -0.4 is 10.3 Å². The molecule has 2 heterocycles. The summed E-state index contributed by atoms with van der Waals surface area (Å²) >= 11 is 6.32. The third kappa shape index (κ3) is 4.55. The summed E-state index contributed by atoms with van der Waals surface area (Å²) in [5.41, 5.74) is 2.93. The zero-order valence-electron chi connectivity index (χ0n) is 18.4. The predicted molar refractivity (Wildman–Crippen MR) is 128 cm³/mol. The molecule has 0 aliphatic carbocycles. The number of benzene rings is 2. The highest BCUT2D eigenvalue weighted by Crippen LogP contribution is 2.25. The van der Waals surface area contributed by atoms with Crippen LogP contribution in [0.3, 0.4) is 0 Å². The van der Waals surface area contributed by atoms with Gasteiger partial charge in [-0.2, -0.15) is 5.10 Å². The average Bonchev–Trinajstić information content (AvgIpc) is 2.80. The molecule has 0 saturated carbocycles. The molecule has 1 aromatic heterocycles. The number of halogens is 1. The zero-order chi connectivity index (χ0) is 22.7. The molecular formula is C25H27ClN4O2. The van der Waals surface area contributed by atoms with Crippen molar-refractivity contribution in [3.05, 3.63) is 86.8 Å². The van der Waals surface area contributed by atoms with Crippen molar-refractivity contribution in [1.29, 1.82) is 0 Å². The van der Waals surface area contributed by atoms with Crippen LogP contribution in [0.25, 0.3) is 5.69 Å². The fourth-order valence-corrected chi connectivity index (χ4v) is 4.37. The van der Waals surface area contributed by atoms with Gasteiger partial charge in [-0.1, -0.05) is 41.9 Å². The van der Waals surface area contributed by atoms with Crippen molar-refractivity contribution in [1.82, 2.24) is 14.7 Å². The van der Waals surface area contributed by atoms with E-state index >= 15 is 0 Å². The van der Waals surface area contributed by atoms with Crippen LogP contribution in [0.1, 0.15) is 41.0 Å². The zero-order valence-corrected chi connectivity index (χ0v) is 19.2. The minimum atomic E-state index is -0.413. The molecule has 0 unspecified atom stereocenters. The van der Waals surface area contributed by atoms with E-state index in [2.05, 4.69) is 16.1 Å². The van der Waals surface area contributed by atoms with E-state index in [4.69, 9.17) is 11.6 Å². The smallest absolute Gasteiger partial charge is 0.278 e. The van der Waals surface area contributed by atoms with Crippen molar-refractivity contribution in [3.63, 3.8) is 0 Å². The van der Waals surface area contributed by atoms with Gasteiger partial charge in [0.1, 0.15) is 0 Å². The van der Waals surface area contributed by atoms with Crippen LogP contribution in [-0.4, -0.2) is 40.7 Å². The van der Waals surface area contributed by atoms with Gasteiger partial charge in [0.25, 0.3) is 5.91 Å². The van der Waals surface area contributed by atoms with Crippen molar-refractivity contribution in [2.45, 2.75) is 32.7 Å². The Morgan fingerprint density at radius 2 is 1.69 bits per heavy atom. The SMILES string of the molecule is Cc1cc(=O)c(C(=O)N(C)Cc2ccccc2N2CCCCC2)nn1-c1ccccc1Cl. The predicted octanol–water partition coefficient (Wildman–Crippen LogP) is 4.46. The fraction of sp³-hybridized carbons (Fsp3) is 0.320. The summed E-state index contributed by atoms with van der Waals surface area (Å²) in [5, 5.41) is 4.89. The number of hydrogen-bond acceptors (Lipinski definition) is 4. The molecule has 1 amide bonds. The highest BCUT2D eigenvalue weighted by Gasteiger charge is 2.22. The number of nitrogens with zero attached hydrogens (tertiary/aromatic N) is 4. The second kappa shape index (κ2) is 9.57. The van der Waals surface area contributed by atoms with Crippen LogP contribution in [0.2, 0.25) is 5.02 Å². The minimum absolute atomic E-state index is 0.117. The van der Waals surface area contributed by atoms with Gasteiger partial charge in [0.2, 0.25) is 5.43 Å². The van der Waals surface area contributed by atoms with Crippen LogP contribution in [-0.2, 0) is 6.54 Å². The second-order valence-corrected chi connectivity index (χ2v) is 8.61. The number of anilines is 1. The third-order valence-corrected chi connectivity index (χ3v) is 6.15. The van der Waals surface area contributed by atoms with Crippen LogP contribution in [0.5, 0.6) is 0 Å². The molecule has 0 spiro atoms. The molecule has 0 N–H and O–H groups in total.